The second-order valence-electron chi connectivity index (χ2n) is 5.19. The first-order valence-corrected chi connectivity index (χ1v) is 7.33. The molecular weight excluding hydrogens is 256 g/mol. The van der Waals surface area contributed by atoms with Crippen molar-refractivity contribution in [2.24, 2.45) is 5.73 Å². The van der Waals surface area contributed by atoms with Crippen molar-refractivity contribution in [1.82, 2.24) is 0 Å². The second-order valence-corrected chi connectivity index (χ2v) is 5.63. The summed E-state index contributed by atoms with van der Waals surface area (Å²) in [4.78, 5) is 2.84. The highest BCUT2D eigenvalue weighted by Crippen LogP contribution is 2.32. The fourth-order valence-electron chi connectivity index (χ4n) is 2.98. The summed E-state index contributed by atoms with van der Waals surface area (Å²) in [5.41, 5.74) is 9.19. The number of rotatable bonds is 4. The lowest BCUT2D eigenvalue weighted by Gasteiger charge is -2.39. The third kappa shape index (κ3) is 3.07. The molecule has 0 saturated carbocycles. The molecule has 0 spiro atoms. The largest absolute Gasteiger partial charge is 0.396 e. The standard InChI is InChI=1S/C15H22N2OS/c1-11-5-4-7-13(15(16)19)14(11)17-9-3-2-6-12(17)8-10-18/h4-5,7,12,18H,2-3,6,8-10H2,1H3,(H2,16,19). The monoisotopic (exact) mass is 278 g/mol. The zero-order valence-electron chi connectivity index (χ0n) is 11.4. The van der Waals surface area contributed by atoms with E-state index in [0.717, 1.165) is 30.6 Å². The summed E-state index contributed by atoms with van der Waals surface area (Å²) in [7, 11) is 0. The molecule has 0 aliphatic carbocycles. The van der Waals surface area contributed by atoms with E-state index in [1.165, 1.54) is 18.4 Å². The highest BCUT2D eigenvalue weighted by Gasteiger charge is 2.25. The maximum absolute atomic E-state index is 9.25. The van der Waals surface area contributed by atoms with Gasteiger partial charge in [-0.1, -0.05) is 24.4 Å². The van der Waals surface area contributed by atoms with Crippen molar-refractivity contribution in [2.75, 3.05) is 18.1 Å². The molecule has 0 amide bonds. The first kappa shape index (κ1) is 14.3. The van der Waals surface area contributed by atoms with Gasteiger partial charge >= 0.3 is 0 Å². The Morgan fingerprint density at radius 3 is 2.95 bits per heavy atom. The van der Waals surface area contributed by atoms with Crippen molar-refractivity contribution in [1.29, 1.82) is 0 Å². The van der Waals surface area contributed by atoms with Gasteiger partial charge in [-0.3, -0.25) is 0 Å². The second kappa shape index (κ2) is 6.35. The maximum atomic E-state index is 9.25. The maximum Gasteiger partial charge on any atom is 0.106 e. The summed E-state index contributed by atoms with van der Waals surface area (Å²) in [5, 5.41) is 9.25. The first-order valence-electron chi connectivity index (χ1n) is 6.92. The summed E-state index contributed by atoms with van der Waals surface area (Å²) >= 11 is 5.18. The number of aliphatic hydroxyl groups is 1. The van der Waals surface area contributed by atoms with Crippen LogP contribution in [-0.2, 0) is 0 Å². The third-order valence-corrected chi connectivity index (χ3v) is 4.10. The highest BCUT2D eigenvalue weighted by atomic mass is 32.1. The van der Waals surface area contributed by atoms with Crippen LogP contribution in [-0.4, -0.2) is 29.3 Å². The Morgan fingerprint density at radius 2 is 2.26 bits per heavy atom. The predicted octanol–water partition coefficient (Wildman–Crippen LogP) is 2.37. The number of nitrogens with zero attached hydrogens (tertiary/aromatic N) is 1. The van der Waals surface area contributed by atoms with E-state index in [2.05, 4.69) is 17.9 Å². The van der Waals surface area contributed by atoms with E-state index in [1.54, 1.807) is 0 Å². The average molecular weight is 278 g/mol. The zero-order chi connectivity index (χ0) is 13.8. The van der Waals surface area contributed by atoms with Gasteiger partial charge in [0.25, 0.3) is 0 Å². The molecule has 0 aromatic heterocycles. The summed E-state index contributed by atoms with van der Waals surface area (Å²) in [5.74, 6) is 0. The van der Waals surface area contributed by atoms with Crippen molar-refractivity contribution < 1.29 is 5.11 Å². The lowest BCUT2D eigenvalue weighted by atomic mass is 9.96. The SMILES string of the molecule is Cc1cccc(C(N)=S)c1N1CCCCC1CCO. The van der Waals surface area contributed by atoms with Gasteiger partial charge in [0, 0.05) is 24.8 Å². The van der Waals surface area contributed by atoms with Gasteiger partial charge in [0.2, 0.25) is 0 Å². The zero-order valence-corrected chi connectivity index (χ0v) is 12.2. The number of nitrogens with two attached hydrogens (primary N) is 1. The van der Waals surface area contributed by atoms with E-state index in [0.29, 0.717) is 11.0 Å². The van der Waals surface area contributed by atoms with Gasteiger partial charge < -0.3 is 15.7 Å². The molecule has 1 heterocycles. The molecule has 4 heteroatoms. The highest BCUT2D eigenvalue weighted by molar-refractivity contribution is 7.80. The molecule has 0 bridgehead atoms. The number of aliphatic hydroxyl groups excluding tert-OH is 1. The van der Waals surface area contributed by atoms with Gasteiger partial charge in [-0.25, -0.2) is 0 Å². The van der Waals surface area contributed by atoms with Crippen molar-refractivity contribution in [3.05, 3.63) is 29.3 Å². The van der Waals surface area contributed by atoms with Gasteiger partial charge in [-0.15, -0.1) is 0 Å². The van der Waals surface area contributed by atoms with Crippen LogP contribution in [0, 0.1) is 6.92 Å². The number of hydrogen-bond acceptors (Lipinski definition) is 3. The molecular formula is C15H22N2OS. The molecule has 3 N–H and O–H groups in total. The molecule has 1 unspecified atom stereocenters. The van der Waals surface area contributed by atoms with Crippen molar-refractivity contribution in [2.45, 2.75) is 38.6 Å². The lowest BCUT2D eigenvalue weighted by molar-refractivity contribution is 0.262. The van der Waals surface area contributed by atoms with Crippen LogP contribution in [0.2, 0.25) is 0 Å². The summed E-state index contributed by atoms with van der Waals surface area (Å²) in [6.07, 6.45) is 4.36. The Kier molecular flexibility index (Phi) is 4.77. The minimum absolute atomic E-state index is 0.232. The minimum Gasteiger partial charge on any atom is -0.396 e. The summed E-state index contributed by atoms with van der Waals surface area (Å²) in [6.45, 7) is 3.35. The Hall–Kier alpha value is -1.13. The summed E-state index contributed by atoms with van der Waals surface area (Å²) in [6, 6.07) is 6.49. The Morgan fingerprint density at radius 1 is 1.47 bits per heavy atom. The van der Waals surface area contributed by atoms with E-state index in [4.69, 9.17) is 18.0 Å². The Labute approximate surface area is 120 Å². The molecule has 0 radical (unpaired) electrons. The molecule has 1 fully saturated rings. The summed E-state index contributed by atoms with van der Waals surface area (Å²) < 4.78 is 0. The molecule has 2 rings (SSSR count). The Balaban J connectivity index is 2.40. The molecule has 1 atom stereocenters. The van der Waals surface area contributed by atoms with Crippen LogP contribution in [0.3, 0.4) is 0 Å². The van der Waals surface area contributed by atoms with Crippen molar-refractivity contribution in [3.8, 4) is 0 Å². The van der Waals surface area contributed by atoms with Crippen LogP contribution in [0.1, 0.15) is 36.8 Å². The quantitative estimate of drug-likeness (QED) is 0.830. The normalized spacial score (nSPS) is 19.5. The molecule has 19 heavy (non-hydrogen) atoms. The first-order chi connectivity index (χ1) is 9.15. The van der Waals surface area contributed by atoms with Crippen LogP contribution in [0.15, 0.2) is 18.2 Å². The number of aryl methyl sites for hydroxylation is 1. The molecule has 1 aromatic carbocycles. The van der Waals surface area contributed by atoms with Gasteiger partial charge in [-0.2, -0.15) is 0 Å². The number of hydrogen-bond donors (Lipinski definition) is 2. The number of para-hydroxylation sites is 1. The molecule has 1 saturated heterocycles. The van der Waals surface area contributed by atoms with Crippen LogP contribution in [0.25, 0.3) is 0 Å². The molecule has 104 valence electrons. The topological polar surface area (TPSA) is 49.5 Å². The van der Waals surface area contributed by atoms with E-state index >= 15 is 0 Å². The van der Waals surface area contributed by atoms with Crippen LogP contribution in [0.4, 0.5) is 5.69 Å². The molecule has 1 aliphatic rings. The average Bonchev–Trinajstić information content (AvgIpc) is 2.40. The van der Waals surface area contributed by atoms with Gasteiger partial charge in [0.15, 0.2) is 0 Å². The molecule has 3 nitrogen and oxygen atoms in total. The van der Waals surface area contributed by atoms with E-state index in [1.807, 2.05) is 12.1 Å². The van der Waals surface area contributed by atoms with Crippen LogP contribution in [0.5, 0.6) is 0 Å². The van der Waals surface area contributed by atoms with E-state index in [-0.39, 0.29) is 6.61 Å². The number of piperidine rings is 1. The Bertz CT molecular complexity index is 459. The van der Waals surface area contributed by atoms with E-state index in [9.17, 15) is 5.11 Å². The van der Waals surface area contributed by atoms with Crippen molar-refractivity contribution >= 4 is 22.9 Å². The van der Waals surface area contributed by atoms with Crippen LogP contribution < -0.4 is 10.6 Å². The minimum atomic E-state index is 0.232. The number of thiocarbonyl (C=S) groups is 1. The predicted molar refractivity (Wildman–Crippen MR) is 83.8 cm³/mol. The van der Waals surface area contributed by atoms with Crippen molar-refractivity contribution in [3.63, 3.8) is 0 Å². The molecule has 1 aromatic rings. The number of anilines is 1. The van der Waals surface area contributed by atoms with Gasteiger partial charge in [0.05, 0.1) is 5.69 Å². The lowest BCUT2D eigenvalue weighted by Crippen LogP contribution is -2.41. The molecule has 1 aliphatic heterocycles. The van der Waals surface area contributed by atoms with Gasteiger partial charge in [0.1, 0.15) is 4.99 Å². The number of benzene rings is 1. The fraction of sp³-hybridized carbons (Fsp3) is 0.533. The van der Waals surface area contributed by atoms with Crippen LogP contribution >= 0.6 is 12.2 Å². The smallest absolute Gasteiger partial charge is 0.106 e. The van der Waals surface area contributed by atoms with Gasteiger partial charge in [-0.05, 0) is 44.2 Å². The fourth-order valence-corrected chi connectivity index (χ4v) is 3.15. The third-order valence-electron chi connectivity index (χ3n) is 3.88. The van der Waals surface area contributed by atoms with E-state index < -0.39 is 0 Å².